The third kappa shape index (κ3) is 5.36. The molecule has 1 N–H and O–H groups in total. The zero-order chi connectivity index (χ0) is 28.2. The van der Waals surface area contributed by atoms with Gasteiger partial charge in [-0.25, -0.2) is 4.68 Å². The number of aryl methyl sites for hydroxylation is 2. The number of ether oxygens (including phenoxy) is 1. The Balaban J connectivity index is 1.83. The van der Waals surface area contributed by atoms with Gasteiger partial charge in [0.05, 0.1) is 29.5 Å². The van der Waals surface area contributed by atoms with Crippen molar-refractivity contribution in [3.8, 4) is 22.7 Å². The summed E-state index contributed by atoms with van der Waals surface area (Å²) in [5.41, 5.74) is 6.57. The van der Waals surface area contributed by atoms with E-state index in [1.54, 1.807) is 12.0 Å². The molecule has 1 aromatic heterocycles. The van der Waals surface area contributed by atoms with E-state index in [9.17, 15) is 9.59 Å². The molecule has 0 bridgehead atoms. The third-order valence-corrected chi connectivity index (χ3v) is 8.25. The van der Waals surface area contributed by atoms with Gasteiger partial charge in [0.25, 0.3) is 0 Å². The Morgan fingerprint density at radius 3 is 2.55 bits per heavy atom. The summed E-state index contributed by atoms with van der Waals surface area (Å²) in [6.45, 7) is 6.57. The lowest BCUT2D eigenvalue weighted by molar-refractivity contribution is -0.122. The number of amides is 2. The van der Waals surface area contributed by atoms with Crippen molar-refractivity contribution in [3.05, 3.63) is 95.1 Å². The number of anilines is 1. The predicted molar refractivity (Wildman–Crippen MR) is 161 cm³/mol. The Morgan fingerprint density at radius 1 is 1.07 bits per heavy atom. The van der Waals surface area contributed by atoms with Crippen molar-refractivity contribution in [2.75, 3.05) is 30.9 Å². The second kappa shape index (κ2) is 12.0. The summed E-state index contributed by atoms with van der Waals surface area (Å²) in [6, 6.07) is 24.1. The van der Waals surface area contributed by atoms with Crippen LogP contribution in [0.4, 0.5) is 5.82 Å². The first-order valence-electron chi connectivity index (χ1n) is 13.5. The average molecular weight is 555 g/mol. The van der Waals surface area contributed by atoms with Gasteiger partial charge in [0.2, 0.25) is 11.8 Å². The van der Waals surface area contributed by atoms with Crippen LogP contribution in [0.3, 0.4) is 0 Å². The Hall–Kier alpha value is -4.04. The SMILES string of the molecule is CCCNC(=O)CN1C(=O)CS[C@@H](c2ccccc2OC)c2c(-c3ccccc3)nn(-c3ccc(C)cc3C)c21. The second-order valence-electron chi connectivity index (χ2n) is 9.92. The molecule has 0 saturated carbocycles. The summed E-state index contributed by atoms with van der Waals surface area (Å²) >= 11 is 1.53. The van der Waals surface area contributed by atoms with Crippen LogP contribution in [-0.2, 0) is 9.59 Å². The zero-order valence-electron chi connectivity index (χ0n) is 23.3. The lowest BCUT2D eigenvalue weighted by Gasteiger charge is -2.24. The van der Waals surface area contributed by atoms with Gasteiger partial charge in [0.15, 0.2) is 0 Å². The van der Waals surface area contributed by atoms with Gasteiger partial charge in [-0.15, -0.1) is 11.8 Å². The molecule has 2 heterocycles. The van der Waals surface area contributed by atoms with E-state index in [-0.39, 0.29) is 29.4 Å². The van der Waals surface area contributed by atoms with Crippen LogP contribution < -0.4 is 15.0 Å². The van der Waals surface area contributed by atoms with Crippen molar-refractivity contribution >= 4 is 29.4 Å². The number of nitrogens with zero attached hydrogens (tertiary/aromatic N) is 3. The Bertz CT molecular complexity index is 1530. The monoisotopic (exact) mass is 554 g/mol. The normalized spacial score (nSPS) is 14.9. The molecule has 1 aliphatic heterocycles. The van der Waals surface area contributed by atoms with Crippen molar-refractivity contribution in [2.24, 2.45) is 0 Å². The first kappa shape index (κ1) is 27.5. The number of fused-ring (bicyclic) bond motifs is 1. The number of methoxy groups -OCH3 is 1. The first-order chi connectivity index (χ1) is 19.4. The van der Waals surface area contributed by atoms with Gasteiger partial charge < -0.3 is 10.1 Å². The molecule has 0 fully saturated rings. The van der Waals surface area contributed by atoms with Gasteiger partial charge in [-0.05, 0) is 38.0 Å². The van der Waals surface area contributed by atoms with Crippen LogP contribution in [-0.4, -0.2) is 47.5 Å². The first-order valence-corrected chi connectivity index (χ1v) is 14.5. The van der Waals surface area contributed by atoms with Crippen LogP contribution in [0.15, 0.2) is 72.8 Å². The second-order valence-corrected chi connectivity index (χ2v) is 11.0. The smallest absolute Gasteiger partial charge is 0.240 e. The quantitative estimate of drug-likeness (QED) is 0.295. The van der Waals surface area contributed by atoms with E-state index in [1.807, 2.05) is 85.3 Å². The largest absolute Gasteiger partial charge is 0.496 e. The lowest BCUT2D eigenvalue weighted by Crippen LogP contribution is -2.42. The number of benzene rings is 3. The molecular weight excluding hydrogens is 520 g/mol. The number of thioether (sulfide) groups is 1. The summed E-state index contributed by atoms with van der Waals surface area (Å²) in [7, 11) is 1.66. The molecule has 8 heteroatoms. The van der Waals surface area contributed by atoms with Gasteiger partial charge in [0, 0.05) is 23.2 Å². The third-order valence-electron chi connectivity index (χ3n) is 7.01. The number of nitrogens with one attached hydrogen (secondary N) is 1. The van der Waals surface area contributed by atoms with Gasteiger partial charge in [0.1, 0.15) is 18.1 Å². The molecule has 1 aliphatic rings. The summed E-state index contributed by atoms with van der Waals surface area (Å²) in [5, 5.41) is 7.87. The maximum absolute atomic E-state index is 13.8. The molecule has 2 amide bonds. The fraction of sp³-hybridized carbons (Fsp3) is 0.281. The highest BCUT2D eigenvalue weighted by Crippen LogP contribution is 2.50. The maximum Gasteiger partial charge on any atom is 0.240 e. The molecule has 4 aromatic rings. The minimum atomic E-state index is -0.256. The number of aromatic nitrogens is 2. The standard InChI is InChI=1S/C32H34N4O3S/c1-5-17-33-27(37)19-35-28(38)20-40-31(24-13-9-10-14-26(24)39-4)29-30(23-11-7-6-8-12-23)34-36(32(29)35)25-16-15-21(2)18-22(25)3/h6-16,18,31H,5,17,19-20H2,1-4H3,(H,33,37)/t31-/m0/s1. The van der Waals surface area contributed by atoms with E-state index < -0.39 is 0 Å². The molecule has 206 valence electrons. The number of carbonyl (C=O) groups is 2. The number of hydrogen-bond acceptors (Lipinski definition) is 5. The fourth-order valence-electron chi connectivity index (χ4n) is 5.13. The number of para-hydroxylation sites is 1. The fourth-order valence-corrected chi connectivity index (χ4v) is 6.35. The summed E-state index contributed by atoms with van der Waals surface area (Å²) in [6.07, 6.45) is 0.815. The highest BCUT2D eigenvalue weighted by molar-refractivity contribution is 8.00. The van der Waals surface area contributed by atoms with Crippen molar-refractivity contribution in [3.63, 3.8) is 0 Å². The molecule has 0 aliphatic carbocycles. The Labute approximate surface area is 239 Å². The van der Waals surface area contributed by atoms with E-state index in [2.05, 4.69) is 18.3 Å². The van der Waals surface area contributed by atoms with E-state index in [1.165, 1.54) is 11.8 Å². The number of carbonyl (C=O) groups excluding carboxylic acids is 2. The summed E-state index contributed by atoms with van der Waals surface area (Å²) < 4.78 is 7.64. The predicted octanol–water partition coefficient (Wildman–Crippen LogP) is 5.86. The summed E-state index contributed by atoms with van der Waals surface area (Å²) in [5.74, 6) is 1.23. The van der Waals surface area contributed by atoms with Crippen LogP contribution >= 0.6 is 11.8 Å². The lowest BCUT2D eigenvalue weighted by atomic mass is 9.99. The van der Waals surface area contributed by atoms with E-state index >= 15 is 0 Å². The molecule has 0 unspecified atom stereocenters. The molecule has 7 nitrogen and oxygen atoms in total. The van der Waals surface area contributed by atoms with Gasteiger partial charge in [-0.2, -0.15) is 5.10 Å². The zero-order valence-corrected chi connectivity index (χ0v) is 24.1. The van der Waals surface area contributed by atoms with Crippen LogP contribution in [0.25, 0.3) is 16.9 Å². The van der Waals surface area contributed by atoms with Crippen molar-refractivity contribution in [2.45, 2.75) is 32.4 Å². The molecule has 40 heavy (non-hydrogen) atoms. The van der Waals surface area contributed by atoms with Crippen LogP contribution in [0.1, 0.15) is 40.8 Å². The highest BCUT2D eigenvalue weighted by atomic mass is 32.2. The topological polar surface area (TPSA) is 76.5 Å². The number of rotatable bonds is 8. The molecule has 5 rings (SSSR count). The highest BCUT2D eigenvalue weighted by Gasteiger charge is 2.38. The average Bonchev–Trinajstić information content (AvgIpc) is 3.28. The van der Waals surface area contributed by atoms with E-state index in [0.29, 0.717) is 12.4 Å². The van der Waals surface area contributed by atoms with Gasteiger partial charge in [-0.1, -0.05) is 73.2 Å². The van der Waals surface area contributed by atoms with E-state index in [4.69, 9.17) is 9.84 Å². The van der Waals surface area contributed by atoms with E-state index in [0.717, 1.165) is 51.4 Å². The van der Waals surface area contributed by atoms with Gasteiger partial charge in [-0.3, -0.25) is 14.5 Å². The summed E-state index contributed by atoms with van der Waals surface area (Å²) in [4.78, 5) is 28.5. The van der Waals surface area contributed by atoms with Crippen molar-refractivity contribution in [1.29, 1.82) is 0 Å². The molecule has 0 spiro atoms. The van der Waals surface area contributed by atoms with Crippen molar-refractivity contribution in [1.82, 2.24) is 15.1 Å². The Kier molecular flexibility index (Phi) is 8.26. The molecule has 0 saturated heterocycles. The molecule has 0 radical (unpaired) electrons. The minimum absolute atomic E-state index is 0.0874. The van der Waals surface area contributed by atoms with Gasteiger partial charge >= 0.3 is 0 Å². The van der Waals surface area contributed by atoms with Crippen LogP contribution in [0.2, 0.25) is 0 Å². The minimum Gasteiger partial charge on any atom is -0.496 e. The molecular formula is C32H34N4O3S. The number of hydrogen-bond donors (Lipinski definition) is 1. The Morgan fingerprint density at radius 2 is 1.82 bits per heavy atom. The van der Waals surface area contributed by atoms with Crippen LogP contribution in [0, 0.1) is 13.8 Å². The van der Waals surface area contributed by atoms with Crippen LogP contribution in [0.5, 0.6) is 5.75 Å². The maximum atomic E-state index is 13.8. The molecule has 3 aromatic carbocycles. The molecule has 1 atom stereocenters. The van der Waals surface area contributed by atoms with Crippen molar-refractivity contribution < 1.29 is 14.3 Å².